The van der Waals surface area contributed by atoms with Crippen molar-refractivity contribution >= 4 is 17.2 Å². The second-order valence-electron chi connectivity index (χ2n) is 5.55. The van der Waals surface area contributed by atoms with E-state index in [0.717, 1.165) is 5.69 Å². The summed E-state index contributed by atoms with van der Waals surface area (Å²) in [5.41, 5.74) is 1.21. The average Bonchev–Trinajstić information content (AvgIpc) is 3.19. The first-order chi connectivity index (χ1) is 10.2. The lowest BCUT2D eigenvalue weighted by Crippen LogP contribution is -2.32. The van der Waals surface area contributed by atoms with Crippen LogP contribution in [0.25, 0.3) is 0 Å². The Kier molecular flexibility index (Phi) is 4.29. The highest BCUT2D eigenvalue weighted by Crippen LogP contribution is 2.37. The molecular formula is C16H19N3OS. The van der Waals surface area contributed by atoms with Crippen molar-refractivity contribution in [2.24, 2.45) is 5.92 Å². The van der Waals surface area contributed by atoms with Crippen molar-refractivity contribution in [3.63, 3.8) is 0 Å². The number of thiophene rings is 1. The molecule has 1 saturated carbocycles. The van der Waals surface area contributed by atoms with Gasteiger partial charge in [0.05, 0.1) is 17.9 Å². The quantitative estimate of drug-likeness (QED) is 0.940. The Morgan fingerprint density at radius 2 is 2.14 bits per heavy atom. The number of rotatable bonds is 4. The SMILES string of the molecule is Cc1cnc(C(=O)N[C@@H](c2cccs2)C2CCCC2)cn1. The van der Waals surface area contributed by atoms with Crippen LogP contribution in [0.15, 0.2) is 29.9 Å². The highest BCUT2D eigenvalue weighted by Gasteiger charge is 2.28. The maximum Gasteiger partial charge on any atom is 0.271 e. The van der Waals surface area contributed by atoms with Crippen molar-refractivity contribution in [2.45, 2.75) is 38.6 Å². The molecule has 1 N–H and O–H groups in total. The Hall–Kier alpha value is -1.75. The number of aryl methyl sites for hydroxylation is 1. The number of nitrogens with one attached hydrogen (secondary N) is 1. The molecule has 0 aliphatic heterocycles. The number of nitrogens with zero attached hydrogens (tertiary/aromatic N) is 2. The zero-order chi connectivity index (χ0) is 14.7. The predicted octanol–water partition coefficient (Wildman–Crippen LogP) is 3.51. The molecule has 0 saturated heterocycles. The molecule has 0 bridgehead atoms. The van der Waals surface area contributed by atoms with Crippen molar-refractivity contribution in [1.82, 2.24) is 15.3 Å². The standard InChI is InChI=1S/C16H19N3OS/c1-11-9-18-13(10-17-11)16(20)19-15(12-5-2-3-6-12)14-7-4-8-21-14/h4,7-10,12,15H,2-3,5-6H2,1H3,(H,19,20)/t15-/m1/s1. The molecule has 0 unspecified atom stereocenters. The van der Waals surface area contributed by atoms with Gasteiger partial charge in [-0.05, 0) is 37.1 Å². The van der Waals surface area contributed by atoms with Crippen LogP contribution in [0.5, 0.6) is 0 Å². The van der Waals surface area contributed by atoms with Gasteiger partial charge >= 0.3 is 0 Å². The zero-order valence-corrected chi connectivity index (χ0v) is 12.9. The van der Waals surface area contributed by atoms with E-state index in [1.807, 2.05) is 13.0 Å². The summed E-state index contributed by atoms with van der Waals surface area (Å²) in [4.78, 5) is 22.0. The van der Waals surface area contributed by atoms with Gasteiger partial charge in [-0.2, -0.15) is 0 Å². The van der Waals surface area contributed by atoms with Crippen LogP contribution in [0.4, 0.5) is 0 Å². The van der Waals surface area contributed by atoms with Gasteiger partial charge in [-0.1, -0.05) is 18.9 Å². The van der Waals surface area contributed by atoms with E-state index in [1.165, 1.54) is 30.6 Å². The van der Waals surface area contributed by atoms with Gasteiger partial charge in [0.25, 0.3) is 5.91 Å². The smallest absolute Gasteiger partial charge is 0.271 e. The van der Waals surface area contributed by atoms with Crippen molar-refractivity contribution < 1.29 is 4.79 Å². The van der Waals surface area contributed by atoms with Crippen molar-refractivity contribution in [3.8, 4) is 0 Å². The molecule has 4 nitrogen and oxygen atoms in total. The summed E-state index contributed by atoms with van der Waals surface area (Å²) in [5.74, 6) is 0.402. The number of hydrogen-bond donors (Lipinski definition) is 1. The summed E-state index contributed by atoms with van der Waals surface area (Å²) >= 11 is 1.71. The van der Waals surface area contributed by atoms with E-state index in [4.69, 9.17) is 0 Å². The molecule has 0 radical (unpaired) electrons. The summed E-state index contributed by atoms with van der Waals surface area (Å²) < 4.78 is 0. The Balaban J connectivity index is 1.77. The number of carbonyl (C=O) groups excluding carboxylic acids is 1. The minimum Gasteiger partial charge on any atom is -0.343 e. The minimum absolute atomic E-state index is 0.100. The van der Waals surface area contributed by atoms with Crippen LogP contribution in [-0.2, 0) is 0 Å². The average molecular weight is 301 g/mol. The monoisotopic (exact) mass is 301 g/mol. The van der Waals surface area contributed by atoms with Crippen LogP contribution in [0.2, 0.25) is 0 Å². The van der Waals surface area contributed by atoms with Gasteiger partial charge in [-0.15, -0.1) is 11.3 Å². The number of hydrogen-bond acceptors (Lipinski definition) is 4. The first kappa shape index (κ1) is 14.2. The second kappa shape index (κ2) is 6.35. The molecule has 1 atom stereocenters. The minimum atomic E-state index is -0.132. The molecule has 2 heterocycles. The highest BCUT2D eigenvalue weighted by molar-refractivity contribution is 7.10. The van der Waals surface area contributed by atoms with Gasteiger partial charge in [0.2, 0.25) is 0 Å². The number of carbonyl (C=O) groups is 1. The largest absolute Gasteiger partial charge is 0.343 e. The molecule has 0 aromatic carbocycles. The first-order valence-corrected chi connectivity index (χ1v) is 8.25. The predicted molar refractivity (Wildman–Crippen MR) is 83.3 cm³/mol. The van der Waals surface area contributed by atoms with Gasteiger partial charge in [-0.25, -0.2) is 4.98 Å². The van der Waals surface area contributed by atoms with E-state index in [2.05, 4.69) is 26.7 Å². The first-order valence-electron chi connectivity index (χ1n) is 7.37. The summed E-state index contributed by atoms with van der Waals surface area (Å²) in [6, 6.07) is 4.25. The lowest BCUT2D eigenvalue weighted by Gasteiger charge is -2.23. The lowest BCUT2D eigenvalue weighted by molar-refractivity contribution is 0.0917. The Morgan fingerprint density at radius 3 is 2.76 bits per heavy atom. The summed E-state index contributed by atoms with van der Waals surface area (Å²) in [6.45, 7) is 1.86. The van der Waals surface area contributed by atoms with Gasteiger partial charge in [-0.3, -0.25) is 9.78 Å². The Bertz CT molecular complexity index is 588. The normalized spacial score (nSPS) is 16.8. The maximum absolute atomic E-state index is 12.4. The highest BCUT2D eigenvalue weighted by atomic mass is 32.1. The van der Waals surface area contributed by atoms with E-state index in [0.29, 0.717) is 11.6 Å². The van der Waals surface area contributed by atoms with Crippen molar-refractivity contribution in [3.05, 3.63) is 46.2 Å². The number of amides is 1. The Labute approximate surface area is 128 Å². The van der Waals surface area contributed by atoms with Crippen LogP contribution in [0.1, 0.15) is 52.8 Å². The molecule has 1 aliphatic rings. The molecular weight excluding hydrogens is 282 g/mol. The molecule has 110 valence electrons. The zero-order valence-electron chi connectivity index (χ0n) is 12.1. The van der Waals surface area contributed by atoms with Gasteiger partial charge in [0.15, 0.2) is 0 Å². The second-order valence-corrected chi connectivity index (χ2v) is 6.53. The molecule has 1 amide bonds. The van der Waals surface area contributed by atoms with E-state index in [1.54, 1.807) is 23.7 Å². The molecule has 21 heavy (non-hydrogen) atoms. The van der Waals surface area contributed by atoms with Gasteiger partial charge in [0.1, 0.15) is 5.69 Å². The third kappa shape index (κ3) is 3.29. The summed E-state index contributed by atoms with van der Waals surface area (Å²) in [5, 5.41) is 5.23. The Morgan fingerprint density at radius 1 is 1.33 bits per heavy atom. The van der Waals surface area contributed by atoms with Gasteiger partial charge in [0, 0.05) is 11.1 Å². The van der Waals surface area contributed by atoms with Crippen LogP contribution in [0, 0.1) is 12.8 Å². The van der Waals surface area contributed by atoms with Crippen LogP contribution >= 0.6 is 11.3 Å². The van der Waals surface area contributed by atoms with Crippen molar-refractivity contribution in [2.75, 3.05) is 0 Å². The van der Waals surface area contributed by atoms with Gasteiger partial charge < -0.3 is 5.32 Å². The third-order valence-electron chi connectivity index (χ3n) is 4.02. The van der Waals surface area contributed by atoms with E-state index < -0.39 is 0 Å². The fourth-order valence-electron chi connectivity index (χ4n) is 2.91. The van der Waals surface area contributed by atoms with Crippen LogP contribution < -0.4 is 5.32 Å². The topological polar surface area (TPSA) is 54.9 Å². The summed E-state index contributed by atoms with van der Waals surface area (Å²) in [6.07, 6.45) is 8.06. The fourth-order valence-corrected chi connectivity index (χ4v) is 3.77. The third-order valence-corrected chi connectivity index (χ3v) is 4.98. The van der Waals surface area contributed by atoms with E-state index >= 15 is 0 Å². The van der Waals surface area contributed by atoms with E-state index in [9.17, 15) is 4.79 Å². The van der Waals surface area contributed by atoms with E-state index in [-0.39, 0.29) is 11.9 Å². The molecule has 3 rings (SSSR count). The molecule has 5 heteroatoms. The van der Waals surface area contributed by atoms with Crippen molar-refractivity contribution in [1.29, 1.82) is 0 Å². The lowest BCUT2D eigenvalue weighted by atomic mass is 9.96. The number of aromatic nitrogens is 2. The summed E-state index contributed by atoms with van der Waals surface area (Å²) in [7, 11) is 0. The molecule has 0 spiro atoms. The van der Waals surface area contributed by atoms with Crippen LogP contribution in [-0.4, -0.2) is 15.9 Å². The molecule has 2 aromatic heterocycles. The molecule has 2 aromatic rings. The maximum atomic E-state index is 12.4. The molecule has 1 aliphatic carbocycles. The molecule has 1 fully saturated rings. The fraction of sp³-hybridized carbons (Fsp3) is 0.438. The van der Waals surface area contributed by atoms with Crippen LogP contribution in [0.3, 0.4) is 0 Å².